The van der Waals surface area contributed by atoms with E-state index in [2.05, 4.69) is 37.6 Å². The quantitative estimate of drug-likeness (QED) is 0.780. The van der Waals surface area contributed by atoms with Crippen LogP contribution in [0.3, 0.4) is 0 Å². The summed E-state index contributed by atoms with van der Waals surface area (Å²) >= 11 is 0. The molecule has 2 fully saturated rings. The van der Waals surface area contributed by atoms with Crippen molar-refractivity contribution < 1.29 is 9.18 Å². The maximum absolute atomic E-state index is 13.8. The zero-order valence-corrected chi connectivity index (χ0v) is 17.8. The van der Waals surface area contributed by atoms with E-state index in [4.69, 9.17) is 0 Å². The maximum atomic E-state index is 13.8. The molecule has 1 aromatic heterocycles. The highest BCUT2D eigenvalue weighted by atomic mass is 19.1. The molecule has 6 heteroatoms. The molecular formula is C23H31FN4O. The monoisotopic (exact) mass is 398 g/mol. The van der Waals surface area contributed by atoms with Crippen LogP contribution in [0.25, 0.3) is 0 Å². The van der Waals surface area contributed by atoms with E-state index in [1.54, 1.807) is 18.3 Å². The fraction of sp³-hybridized carbons (Fsp3) is 0.565. The molecule has 2 atom stereocenters. The first-order chi connectivity index (χ1) is 13.8. The Hall–Kier alpha value is -2.37. The highest BCUT2D eigenvalue weighted by molar-refractivity contribution is 5.76. The lowest BCUT2D eigenvalue weighted by Gasteiger charge is -2.42. The molecule has 4 rings (SSSR count). The largest absolute Gasteiger partial charge is 0.363 e. The average molecular weight is 399 g/mol. The van der Waals surface area contributed by atoms with Crippen molar-refractivity contribution in [2.45, 2.75) is 64.6 Å². The number of amides is 1. The fourth-order valence-corrected chi connectivity index (χ4v) is 5.34. The molecule has 156 valence electrons. The number of hydrogen-bond acceptors (Lipinski definition) is 3. The van der Waals surface area contributed by atoms with Crippen molar-refractivity contribution in [3.05, 3.63) is 48.3 Å². The van der Waals surface area contributed by atoms with E-state index in [9.17, 15) is 9.18 Å². The maximum Gasteiger partial charge on any atom is 0.242 e. The Labute approximate surface area is 172 Å². The van der Waals surface area contributed by atoms with E-state index in [0.717, 1.165) is 37.4 Å². The molecule has 0 N–H and O–H groups in total. The van der Waals surface area contributed by atoms with Crippen LogP contribution in [0.2, 0.25) is 0 Å². The minimum Gasteiger partial charge on any atom is -0.363 e. The number of carbonyl (C=O) groups is 1. The minimum atomic E-state index is -0.198. The van der Waals surface area contributed by atoms with Crippen LogP contribution in [0, 0.1) is 11.7 Å². The molecule has 3 heterocycles. The van der Waals surface area contributed by atoms with Crippen LogP contribution in [0.1, 0.15) is 52.3 Å². The highest BCUT2D eigenvalue weighted by Crippen LogP contribution is 2.44. The topological polar surface area (TPSA) is 41.4 Å². The number of halogens is 1. The van der Waals surface area contributed by atoms with Crippen LogP contribution in [0.5, 0.6) is 0 Å². The molecule has 0 aliphatic carbocycles. The van der Waals surface area contributed by atoms with Gasteiger partial charge < -0.3 is 14.4 Å². The number of aromatic nitrogens is 2. The Morgan fingerprint density at radius 1 is 1.34 bits per heavy atom. The number of rotatable bonds is 4. The normalized spacial score (nSPS) is 23.5. The second-order valence-corrected chi connectivity index (χ2v) is 9.39. The van der Waals surface area contributed by atoms with Crippen LogP contribution < -0.4 is 4.90 Å². The van der Waals surface area contributed by atoms with Crippen molar-refractivity contribution in [2.24, 2.45) is 5.92 Å². The summed E-state index contributed by atoms with van der Waals surface area (Å²) in [4.78, 5) is 21.8. The molecule has 0 radical (unpaired) electrons. The number of anilines is 1. The predicted octanol–water partition coefficient (Wildman–Crippen LogP) is 4.05. The molecule has 0 spiro atoms. The summed E-state index contributed by atoms with van der Waals surface area (Å²) in [5, 5.41) is 0. The Balaban J connectivity index is 1.48. The average Bonchev–Trinajstić information content (AvgIpc) is 3.21. The summed E-state index contributed by atoms with van der Waals surface area (Å²) in [6.07, 6.45) is 5.58. The molecule has 1 aromatic carbocycles. The molecule has 5 nitrogen and oxygen atoms in total. The molecule has 2 aliphatic heterocycles. The van der Waals surface area contributed by atoms with Gasteiger partial charge in [0.05, 0.1) is 0 Å². The molecule has 2 aromatic rings. The number of hydrogen-bond donors (Lipinski definition) is 0. The summed E-state index contributed by atoms with van der Waals surface area (Å²) in [5.74, 6) is 1.60. The van der Waals surface area contributed by atoms with Gasteiger partial charge in [-0.2, -0.15) is 0 Å². The summed E-state index contributed by atoms with van der Waals surface area (Å²) in [6.45, 7) is 10.5. The molecule has 2 aliphatic rings. The molecule has 2 saturated heterocycles. The van der Waals surface area contributed by atoms with Crippen molar-refractivity contribution in [3.8, 4) is 0 Å². The molecule has 29 heavy (non-hydrogen) atoms. The number of fused-ring (bicyclic) bond motifs is 1. The number of likely N-dealkylation sites (tertiary alicyclic amines) is 1. The van der Waals surface area contributed by atoms with E-state index in [1.807, 2.05) is 21.7 Å². The fourth-order valence-electron chi connectivity index (χ4n) is 5.34. The van der Waals surface area contributed by atoms with Gasteiger partial charge in [0.15, 0.2) is 0 Å². The van der Waals surface area contributed by atoms with Crippen LogP contribution in [0.4, 0.5) is 10.1 Å². The van der Waals surface area contributed by atoms with Gasteiger partial charge in [0, 0.05) is 48.7 Å². The lowest BCUT2D eigenvalue weighted by atomic mass is 9.89. The van der Waals surface area contributed by atoms with Crippen molar-refractivity contribution >= 4 is 11.6 Å². The van der Waals surface area contributed by atoms with Crippen molar-refractivity contribution in [3.63, 3.8) is 0 Å². The highest BCUT2D eigenvalue weighted by Gasteiger charge is 2.48. The summed E-state index contributed by atoms with van der Waals surface area (Å²) in [6, 6.07) is 7.25. The van der Waals surface area contributed by atoms with Crippen molar-refractivity contribution in [1.29, 1.82) is 0 Å². The van der Waals surface area contributed by atoms with E-state index in [1.165, 1.54) is 6.07 Å². The van der Waals surface area contributed by atoms with E-state index in [0.29, 0.717) is 24.4 Å². The first kappa shape index (κ1) is 19.9. The van der Waals surface area contributed by atoms with E-state index < -0.39 is 0 Å². The zero-order valence-electron chi connectivity index (χ0n) is 17.8. The standard InChI is InChI=1S/C23H31FN4O/c1-16(2)22-25-9-11-27(22)15-21(29)26-10-8-20-17(14-26)13-23(3,4)28(20)19-7-5-6-18(24)12-19/h5-7,9,11-12,16-17,20H,8,10,13-15H2,1-4H3/t17-,20+/m1/s1. The van der Waals surface area contributed by atoms with Crippen LogP contribution in [-0.2, 0) is 11.3 Å². The van der Waals surface area contributed by atoms with Gasteiger partial charge in [0.25, 0.3) is 0 Å². The van der Waals surface area contributed by atoms with Crippen LogP contribution in [-0.4, -0.2) is 45.0 Å². The van der Waals surface area contributed by atoms with Crippen LogP contribution in [0.15, 0.2) is 36.7 Å². The summed E-state index contributed by atoms with van der Waals surface area (Å²) < 4.78 is 15.8. The third kappa shape index (κ3) is 3.77. The van der Waals surface area contributed by atoms with Gasteiger partial charge in [-0.1, -0.05) is 19.9 Å². The second-order valence-electron chi connectivity index (χ2n) is 9.39. The number of benzene rings is 1. The molecule has 0 bridgehead atoms. The molecular weight excluding hydrogens is 367 g/mol. The Kier molecular flexibility index (Phi) is 5.13. The van der Waals surface area contributed by atoms with Gasteiger partial charge in [-0.15, -0.1) is 0 Å². The van der Waals surface area contributed by atoms with Gasteiger partial charge >= 0.3 is 0 Å². The number of imidazole rings is 1. The minimum absolute atomic E-state index is 0.0582. The Bertz CT molecular complexity index is 891. The third-order valence-electron chi connectivity index (χ3n) is 6.45. The smallest absolute Gasteiger partial charge is 0.242 e. The SMILES string of the molecule is CC(C)c1nccn1CC(=O)N1CC[C@H]2[C@@H](C1)CC(C)(C)N2c1cccc(F)c1. The third-order valence-corrected chi connectivity index (χ3v) is 6.45. The van der Waals surface area contributed by atoms with Gasteiger partial charge in [0.1, 0.15) is 18.2 Å². The van der Waals surface area contributed by atoms with Crippen molar-refractivity contribution in [2.75, 3.05) is 18.0 Å². The number of nitrogens with zero attached hydrogens (tertiary/aromatic N) is 4. The summed E-state index contributed by atoms with van der Waals surface area (Å²) in [5.41, 5.74) is 0.888. The molecule has 1 amide bonds. The lowest BCUT2D eigenvalue weighted by Crippen LogP contribution is -2.50. The van der Waals surface area contributed by atoms with E-state index >= 15 is 0 Å². The first-order valence-corrected chi connectivity index (χ1v) is 10.6. The first-order valence-electron chi connectivity index (χ1n) is 10.6. The zero-order chi connectivity index (χ0) is 20.8. The molecule has 0 unspecified atom stereocenters. The number of carbonyl (C=O) groups excluding carboxylic acids is 1. The van der Waals surface area contributed by atoms with Gasteiger partial charge in [-0.25, -0.2) is 9.37 Å². The Morgan fingerprint density at radius 2 is 2.14 bits per heavy atom. The predicted molar refractivity (Wildman–Crippen MR) is 112 cm³/mol. The van der Waals surface area contributed by atoms with Crippen molar-refractivity contribution in [1.82, 2.24) is 14.5 Å². The summed E-state index contributed by atoms with van der Waals surface area (Å²) in [7, 11) is 0. The second kappa shape index (κ2) is 7.47. The molecule has 0 saturated carbocycles. The lowest BCUT2D eigenvalue weighted by molar-refractivity contribution is -0.133. The van der Waals surface area contributed by atoms with Crippen LogP contribution >= 0.6 is 0 Å². The Morgan fingerprint density at radius 3 is 2.86 bits per heavy atom. The van der Waals surface area contributed by atoms with Gasteiger partial charge in [-0.3, -0.25) is 4.79 Å². The number of piperidine rings is 1. The van der Waals surface area contributed by atoms with Gasteiger partial charge in [0.2, 0.25) is 5.91 Å². The van der Waals surface area contributed by atoms with Gasteiger partial charge in [-0.05, 0) is 50.8 Å². The van der Waals surface area contributed by atoms with E-state index in [-0.39, 0.29) is 17.3 Å².